The number of carbonyl (C=O) groups excluding carboxylic acids is 2. The summed E-state index contributed by atoms with van der Waals surface area (Å²) in [6, 6.07) is 3.39. The van der Waals surface area contributed by atoms with Crippen molar-refractivity contribution in [3.63, 3.8) is 0 Å². The highest BCUT2D eigenvalue weighted by Crippen LogP contribution is 2.13. The maximum absolute atomic E-state index is 12.2. The molecule has 0 aliphatic heterocycles. The van der Waals surface area contributed by atoms with Crippen LogP contribution in [0.4, 0.5) is 5.82 Å². The molecule has 110 valence electrons. The Morgan fingerprint density at radius 3 is 2.55 bits per heavy atom. The van der Waals surface area contributed by atoms with E-state index in [0.717, 1.165) is 12.2 Å². The molecule has 1 rings (SSSR count). The summed E-state index contributed by atoms with van der Waals surface area (Å²) in [7, 11) is 0. The quantitative estimate of drug-likeness (QED) is 0.728. The summed E-state index contributed by atoms with van der Waals surface area (Å²) in [5.41, 5.74) is 5.75. The molecular weight excluding hydrogens is 256 g/mol. The number of primary amides is 1. The average Bonchev–Trinajstić information content (AvgIpc) is 2.25. The number of carbonyl (C=O) groups is 2. The third-order valence-electron chi connectivity index (χ3n) is 2.64. The Morgan fingerprint density at radius 1 is 1.35 bits per heavy atom. The van der Waals surface area contributed by atoms with Crippen LogP contribution in [0.5, 0.6) is 0 Å². The third-order valence-corrected chi connectivity index (χ3v) is 2.64. The fourth-order valence-electron chi connectivity index (χ4n) is 1.93. The van der Waals surface area contributed by atoms with E-state index in [9.17, 15) is 9.59 Å². The van der Waals surface area contributed by atoms with Crippen LogP contribution in [0.2, 0.25) is 0 Å². The van der Waals surface area contributed by atoms with Gasteiger partial charge in [-0.25, -0.2) is 4.98 Å². The SMILES string of the molecule is CCNc1cc(C(=O)NC(C)(C)CC(N)=O)cc(C)n1. The number of anilines is 1. The first kappa shape index (κ1) is 15.9. The summed E-state index contributed by atoms with van der Waals surface area (Å²) in [4.78, 5) is 27.5. The van der Waals surface area contributed by atoms with Crippen LogP contribution in [0.3, 0.4) is 0 Å². The number of rotatable bonds is 6. The van der Waals surface area contributed by atoms with Crippen molar-refractivity contribution in [3.05, 3.63) is 23.4 Å². The highest BCUT2D eigenvalue weighted by Gasteiger charge is 2.23. The Balaban J connectivity index is 2.89. The molecule has 0 unspecified atom stereocenters. The molecule has 6 nitrogen and oxygen atoms in total. The highest BCUT2D eigenvalue weighted by atomic mass is 16.2. The van der Waals surface area contributed by atoms with Gasteiger partial charge in [0.25, 0.3) is 5.91 Å². The number of pyridine rings is 1. The molecule has 0 saturated heterocycles. The number of aryl methyl sites for hydroxylation is 1. The lowest BCUT2D eigenvalue weighted by Crippen LogP contribution is -2.46. The van der Waals surface area contributed by atoms with Crippen molar-refractivity contribution < 1.29 is 9.59 Å². The van der Waals surface area contributed by atoms with Crippen molar-refractivity contribution in [1.29, 1.82) is 0 Å². The lowest BCUT2D eigenvalue weighted by molar-refractivity contribution is -0.119. The first-order valence-corrected chi connectivity index (χ1v) is 6.57. The van der Waals surface area contributed by atoms with E-state index in [0.29, 0.717) is 11.4 Å². The first-order valence-electron chi connectivity index (χ1n) is 6.57. The Morgan fingerprint density at radius 2 is 2.00 bits per heavy atom. The molecule has 20 heavy (non-hydrogen) atoms. The molecular formula is C14H22N4O2. The maximum atomic E-state index is 12.2. The summed E-state index contributed by atoms with van der Waals surface area (Å²) in [6.07, 6.45) is 0.0862. The van der Waals surface area contributed by atoms with Crippen LogP contribution in [0.25, 0.3) is 0 Å². The highest BCUT2D eigenvalue weighted by molar-refractivity contribution is 5.95. The van der Waals surface area contributed by atoms with Gasteiger partial charge >= 0.3 is 0 Å². The van der Waals surface area contributed by atoms with Gasteiger partial charge in [0.05, 0.1) is 0 Å². The molecule has 1 heterocycles. The van der Waals surface area contributed by atoms with E-state index in [1.165, 1.54) is 0 Å². The number of hydrogen-bond acceptors (Lipinski definition) is 4. The van der Waals surface area contributed by atoms with Gasteiger partial charge in [0.1, 0.15) is 5.82 Å². The molecule has 0 aliphatic carbocycles. The normalized spacial score (nSPS) is 11.0. The number of amides is 2. The van der Waals surface area contributed by atoms with E-state index in [-0.39, 0.29) is 12.3 Å². The molecule has 1 aromatic heterocycles. The van der Waals surface area contributed by atoms with E-state index in [1.54, 1.807) is 26.0 Å². The Kier molecular flexibility index (Phi) is 5.07. The van der Waals surface area contributed by atoms with E-state index in [1.807, 2.05) is 13.8 Å². The molecule has 0 saturated carbocycles. The van der Waals surface area contributed by atoms with Gasteiger partial charge in [-0.3, -0.25) is 9.59 Å². The van der Waals surface area contributed by atoms with Gasteiger partial charge in [-0.15, -0.1) is 0 Å². The van der Waals surface area contributed by atoms with Crippen LogP contribution >= 0.6 is 0 Å². The first-order chi connectivity index (χ1) is 9.23. The minimum atomic E-state index is -0.682. The minimum Gasteiger partial charge on any atom is -0.370 e. The van der Waals surface area contributed by atoms with Crippen molar-refractivity contribution in [2.24, 2.45) is 5.73 Å². The predicted octanol–water partition coefficient (Wildman–Crippen LogP) is 1.21. The van der Waals surface area contributed by atoms with Crippen molar-refractivity contribution in [2.45, 2.75) is 39.7 Å². The molecule has 0 fully saturated rings. The van der Waals surface area contributed by atoms with Crippen molar-refractivity contribution >= 4 is 17.6 Å². The Labute approximate surface area is 119 Å². The number of nitrogens with two attached hydrogens (primary N) is 1. The molecule has 1 aromatic rings. The second-order valence-electron chi connectivity index (χ2n) is 5.39. The molecule has 4 N–H and O–H groups in total. The van der Waals surface area contributed by atoms with Gasteiger partial charge in [0, 0.05) is 29.8 Å². The van der Waals surface area contributed by atoms with E-state index in [2.05, 4.69) is 15.6 Å². The zero-order valence-corrected chi connectivity index (χ0v) is 12.4. The van der Waals surface area contributed by atoms with Crippen molar-refractivity contribution in [1.82, 2.24) is 10.3 Å². The second kappa shape index (κ2) is 6.36. The molecule has 0 aromatic carbocycles. The molecule has 2 amide bonds. The standard InChI is InChI=1S/C14H22N4O2/c1-5-16-12-7-10(6-9(2)17-12)13(20)18-14(3,4)8-11(15)19/h6-7H,5,8H2,1-4H3,(H2,15,19)(H,16,17)(H,18,20). The summed E-state index contributed by atoms with van der Waals surface area (Å²) < 4.78 is 0. The van der Waals surface area contributed by atoms with Crippen LogP contribution < -0.4 is 16.4 Å². The predicted molar refractivity (Wildman–Crippen MR) is 78.5 cm³/mol. The van der Waals surface area contributed by atoms with Crippen LogP contribution in [-0.2, 0) is 4.79 Å². The van der Waals surface area contributed by atoms with Crippen LogP contribution in [-0.4, -0.2) is 28.9 Å². The second-order valence-corrected chi connectivity index (χ2v) is 5.39. The summed E-state index contributed by atoms with van der Waals surface area (Å²) >= 11 is 0. The molecule has 0 aliphatic rings. The summed E-state index contributed by atoms with van der Waals surface area (Å²) in [5, 5.41) is 5.88. The van der Waals surface area contributed by atoms with E-state index < -0.39 is 11.4 Å². The Bertz CT molecular complexity index is 512. The average molecular weight is 278 g/mol. The lowest BCUT2D eigenvalue weighted by atomic mass is 9.99. The summed E-state index contributed by atoms with van der Waals surface area (Å²) in [6.45, 7) is 8.03. The largest absolute Gasteiger partial charge is 0.370 e. The maximum Gasteiger partial charge on any atom is 0.251 e. The van der Waals surface area contributed by atoms with Crippen LogP contribution in [0.15, 0.2) is 12.1 Å². The zero-order valence-electron chi connectivity index (χ0n) is 12.4. The van der Waals surface area contributed by atoms with E-state index >= 15 is 0 Å². The summed E-state index contributed by atoms with van der Waals surface area (Å²) in [5.74, 6) is -0.0409. The number of aromatic nitrogens is 1. The zero-order chi connectivity index (χ0) is 15.3. The third kappa shape index (κ3) is 4.87. The van der Waals surface area contributed by atoms with E-state index in [4.69, 9.17) is 5.73 Å². The Hall–Kier alpha value is -2.11. The van der Waals surface area contributed by atoms with Gasteiger partial charge in [-0.2, -0.15) is 0 Å². The topological polar surface area (TPSA) is 97.1 Å². The number of nitrogens with one attached hydrogen (secondary N) is 2. The molecule has 0 radical (unpaired) electrons. The van der Waals surface area contributed by atoms with Gasteiger partial charge in [-0.1, -0.05) is 0 Å². The fraction of sp³-hybridized carbons (Fsp3) is 0.500. The van der Waals surface area contributed by atoms with Gasteiger partial charge in [0.15, 0.2) is 0 Å². The fourth-order valence-corrected chi connectivity index (χ4v) is 1.93. The monoisotopic (exact) mass is 278 g/mol. The smallest absolute Gasteiger partial charge is 0.251 e. The molecule has 6 heteroatoms. The van der Waals surface area contributed by atoms with Crippen LogP contribution in [0.1, 0.15) is 43.2 Å². The van der Waals surface area contributed by atoms with Gasteiger partial charge in [-0.05, 0) is 39.8 Å². The number of hydrogen-bond donors (Lipinski definition) is 3. The lowest BCUT2D eigenvalue weighted by Gasteiger charge is -2.24. The minimum absolute atomic E-state index is 0.0862. The van der Waals surface area contributed by atoms with Gasteiger partial charge in [0.2, 0.25) is 5.91 Å². The van der Waals surface area contributed by atoms with Crippen molar-refractivity contribution in [2.75, 3.05) is 11.9 Å². The molecule has 0 atom stereocenters. The van der Waals surface area contributed by atoms with Crippen LogP contribution in [0, 0.1) is 6.92 Å². The van der Waals surface area contributed by atoms with Gasteiger partial charge < -0.3 is 16.4 Å². The molecule has 0 spiro atoms. The van der Waals surface area contributed by atoms with Crippen molar-refractivity contribution in [3.8, 4) is 0 Å². The molecule has 0 bridgehead atoms. The number of nitrogens with zero attached hydrogens (tertiary/aromatic N) is 1.